The van der Waals surface area contributed by atoms with Gasteiger partial charge in [-0.2, -0.15) is 5.10 Å². The Morgan fingerprint density at radius 3 is 2.15 bits per heavy atom. The van der Waals surface area contributed by atoms with Crippen LogP contribution >= 0.6 is 0 Å². The fraction of sp³-hybridized carbons (Fsp3) is 0.750. The zero-order chi connectivity index (χ0) is 18.8. The first-order valence-electron chi connectivity index (χ1n) is 10.4. The molecule has 7 nitrogen and oxygen atoms in total. The number of H-pyrrole nitrogens is 1. The first-order valence-corrected chi connectivity index (χ1v) is 10.4. The minimum Gasteiger partial charge on any atom is -0.342 e. The van der Waals surface area contributed by atoms with Crippen LogP contribution in [-0.4, -0.2) is 71.1 Å². The van der Waals surface area contributed by atoms with E-state index in [4.69, 9.17) is 0 Å². The molecular formula is C20H31N5O2. The van der Waals surface area contributed by atoms with Crippen molar-refractivity contribution in [2.45, 2.75) is 44.9 Å². The molecule has 27 heavy (non-hydrogen) atoms. The van der Waals surface area contributed by atoms with E-state index in [0.717, 1.165) is 51.9 Å². The summed E-state index contributed by atoms with van der Waals surface area (Å²) in [5, 5.41) is 10.6. The van der Waals surface area contributed by atoms with Crippen LogP contribution in [0.25, 0.3) is 0 Å². The van der Waals surface area contributed by atoms with E-state index >= 15 is 0 Å². The zero-order valence-electron chi connectivity index (χ0n) is 16.2. The molecule has 1 aromatic rings. The quantitative estimate of drug-likeness (QED) is 0.836. The first-order chi connectivity index (χ1) is 13.1. The van der Waals surface area contributed by atoms with Gasteiger partial charge < -0.3 is 15.1 Å². The lowest BCUT2D eigenvalue weighted by atomic mass is 9.87. The van der Waals surface area contributed by atoms with Gasteiger partial charge in [0.25, 0.3) is 0 Å². The summed E-state index contributed by atoms with van der Waals surface area (Å²) in [5.41, 5.74) is 2.43. The van der Waals surface area contributed by atoms with Crippen molar-refractivity contribution in [3.8, 4) is 0 Å². The molecule has 3 saturated heterocycles. The molecule has 0 spiro atoms. The number of piperidine rings is 2. The summed E-state index contributed by atoms with van der Waals surface area (Å²) < 4.78 is 0. The van der Waals surface area contributed by atoms with Crippen molar-refractivity contribution in [1.82, 2.24) is 25.3 Å². The Kier molecular flexibility index (Phi) is 5.48. The van der Waals surface area contributed by atoms with Gasteiger partial charge in [0.15, 0.2) is 0 Å². The largest absolute Gasteiger partial charge is 0.342 e. The molecule has 2 N–H and O–H groups in total. The molecule has 0 unspecified atom stereocenters. The van der Waals surface area contributed by atoms with Crippen molar-refractivity contribution >= 4 is 11.8 Å². The summed E-state index contributed by atoms with van der Waals surface area (Å²) in [7, 11) is 0. The number of aromatic nitrogens is 2. The van der Waals surface area contributed by atoms with Gasteiger partial charge in [-0.3, -0.25) is 14.7 Å². The molecule has 3 aliphatic heterocycles. The number of nitrogens with zero attached hydrogens (tertiary/aromatic N) is 3. The van der Waals surface area contributed by atoms with Crippen LogP contribution in [0.5, 0.6) is 0 Å². The monoisotopic (exact) mass is 373 g/mol. The predicted octanol–water partition coefficient (Wildman–Crippen LogP) is 1.27. The van der Waals surface area contributed by atoms with Crippen LogP contribution in [0.3, 0.4) is 0 Å². The molecule has 2 amide bonds. The predicted molar refractivity (Wildman–Crippen MR) is 102 cm³/mol. The van der Waals surface area contributed by atoms with Gasteiger partial charge in [0.2, 0.25) is 11.8 Å². The van der Waals surface area contributed by atoms with Crippen LogP contribution in [0.2, 0.25) is 0 Å². The third-order valence-corrected chi connectivity index (χ3v) is 6.55. The molecule has 4 rings (SSSR count). The Bertz CT molecular complexity index is 674. The number of likely N-dealkylation sites (tertiary alicyclic amines) is 2. The summed E-state index contributed by atoms with van der Waals surface area (Å²) in [5.74, 6) is 0.814. The highest BCUT2D eigenvalue weighted by atomic mass is 16.2. The van der Waals surface area contributed by atoms with E-state index in [1.165, 1.54) is 11.3 Å². The summed E-state index contributed by atoms with van der Waals surface area (Å²) in [6.07, 6.45) is 6.74. The molecule has 7 heteroatoms. The second-order valence-corrected chi connectivity index (χ2v) is 8.39. The number of aryl methyl sites for hydroxylation is 1. The van der Waals surface area contributed by atoms with Gasteiger partial charge >= 0.3 is 0 Å². The number of rotatable bonds is 3. The van der Waals surface area contributed by atoms with Gasteiger partial charge in [-0.15, -0.1) is 0 Å². The van der Waals surface area contributed by atoms with Crippen molar-refractivity contribution in [1.29, 1.82) is 0 Å². The third kappa shape index (κ3) is 3.88. The smallest absolute Gasteiger partial charge is 0.226 e. The molecule has 0 saturated carbocycles. The average molecular weight is 374 g/mol. The zero-order valence-corrected chi connectivity index (χ0v) is 16.2. The van der Waals surface area contributed by atoms with E-state index in [2.05, 4.69) is 22.4 Å². The Balaban J connectivity index is 1.31. The first kappa shape index (κ1) is 18.5. The van der Waals surface area contributed by atoms with Crippen molar-refractivity contribution in [2.75, 3.05) is 39.3 Å². The molecule has 4 heterocycles. The molecule has 2 atom stereocenters. The summed E-state index contributed by atoms with van der Waals surface area (Å²) >= 11 is 0. The molecule has 0 aliphatic carbocycles. The minimum atomic E-state index is -0.0688. The van der Waals surface area contributed by atoms with Crippen LogP contribution in [0.1, 0.15) is 49.3 Å². The Morgan fingerprint density at radius 1 is 1.00 bits per heavy atom. The van der Waals surface area contributed by atoms with Gasteiger partial charge in [0, 0.05) is 50.9 Å². The molecule has 1 aromatic heterocycles. The van der Waals surface area contributed by atoms with Crippen molar-refractivity contribution < 1.29 is 9.59 Å². The van der Waals surface area contributed by atoms with E-state index in [9.17, 15) is 9.59 Å². The maximum absolute atomic E-state index is 13.0. The molecule has 0 bridgehead atoms. The lowest BCUT2D eigenvalue weighted by Gasteiger charge is -2.37. The highest BCUT2D eigenvalue weighted by molar-refractivity contribution is 5.83. The molecule has 0 radical (unpaired) electrons. The second kappa shape index (κ2) is 8.00. The molecule has 3 fully saturated rings. The number of aromatic amines is 1. The maximum Gasteiger partial charge on any atom is 0.226 e. The average Bonchev–Trinajstić information content (AvgIpc) is 3.39. The number of hydrogen-bond acceptors (Lipinski definition) is 4. The standard InChI is InChI=1S/C20H31N5O2/c1-14-11-22-23-18(14)15-4-8-25(9-5-15)20(27)17-10-16(12-21-13-17)19(26)24-6-2-3-7-24/h11,15-17,21H,2-10,12-13H2,1H3,(H,22,23)/t16-,17+/m0/s1. The van der Waals surface area contributed by atoms with Gasteiger partial charge in [-0.05, 0) is 44.6 Å². The molecular weight excluding hydrogens is 342 g/mol. The normalized spacial score (nSPS) is 27.1. The molecule has 0 aromatic carbocycles. The summed E-state index contributed by atoms with van der Waals surface area (Å²) in [6, 6.07) is 0. The van der Waals surface area contributed by atoms with Crippen molar-refractivity contribution in [3.05, 3.63) is 17.5 Å². The van der Waals surface area contributed by atoms with Gasteiger partial charge in [0.1, 0.15) is 0 Å². The number of hydrogen-bond donors (Lipinski definition) is 2. The van der Waals surface area contributed by atoms with E-state index in [0.29, 0.717) is 25.4 Å². The fourth-order valence-corrected chi connectivity index (χ4v) is 4.93. The number of carbonyl (C=O) groups is 2. The van der Waals surface area contributed by atoms with Gasteiger partial charge in [0.05, 0.1) is 18.0 Å². The van der Waals surface area contributed by atoms with E-state index in [1.54, 1.807) is 0 Å². The molecule has 3 aliphatic rings. The highest BCUT2D eigenvalue weighted by Gasteiger charge is 2.36. The Hall–Kier alpha value is -1.89. The van der Waals surface area contributed by atoms with Crippen molar-refractivity contribution in [3.63, 3.8) is 0 Å². The van der Waals surface area contributed by atoms with Gasteiger partial charge in [-0.1, -0.05) is 0 Å². The van der Waals surface area contributed by atoms with E-state index in [1.807, 2.05) is 16.0 Å². The number of nitrogens with one attached hydrogen (secondary N) is 2. The lowest BCUT2D eigenvalue weighted by molar-refractivity contribution is -0.140. The van der Waals surface area contributed by atoms with Crippen molar-refractivity contribution in [2.24, 2.45) is 11.8 Å². The highest BCUT2D eigenvalue weighted by Crippen LogP contribution is 2.30. The number of carbonyl (C=O) groups excluding carboxylic acids is 2. The Labute approximate surface area is 160 Å². The second-order valence-electron chi connectivity index (χ2n) is 8.39. The molecule has 148 valence electrons. The van der Waals surface area contributed by atoms with Crippen LogP contribution < -0.4 is 5.32 Å². The van der Waals surface area contributed by atoms with Crippen LogP contribution in [0.15, 0.2) is 6.20 Å². The minimum absolute atomic E-state index is 0.0454. The van der Waals surface area contributed by atoms with Crippen LogP contribution in [0, 0.1) is 18.8 Å². The van der Waals surface area contributed by atoms with Gasteiger partial charge in [-0.25, -0.2) is 0 Å². The topological polar surface area (TPSA) is 81.3 Å². The van der Waals surface area contributed by atoms with Crippen LogP contribution in [0.4, 0.5) is 0 Å². The summed E-state index contributed by atoms with van der Waals surface area (Å²) in [4.78, 5) is 29.7. The Morgan fingerprint density at radius 2 is 1.59 bits per heavy atom. The lowest BCUT2D eigenvalue weighted by Crippen LogP contribution is -2.50. The van der Waals surface area contributed by atoms with E-state index < -0.39 is 0 Å². The summed E-state index contributed by atoms with van der Waals surface area (Å²) in [6.45, 7) is 6.85. The fourth-order valence-electron chi connectivity index (χ4n) is 4.93. The van der Waals surface area contributed by atoms with E-state index in [-0.39, 0.29) is 23.7 Å². The third-order valence-electron chi connectivity index (χ3n) is 6.55. The number of amides is 2. The SMILES string of the molecule is Cc1cn[nH]c1C1CCN(C(=O)[C@H]2CNC[C@@H](C(=O)N3CCCC3)C2)CC1. The van der Waals surface area contributed by atoms with Crippen LogP contribution in [-0.2, 0) is 9.59 Å². The maximum atomic E-state index is 13.0.